The molecule has 0 unspecified atom stereocenters. The first-order chi connectivity index (χ1) is 11.6. The smallest absolute Gasteiger partial charge is 0.223 e. The van der Waals surface area contributed by atoms with Gasteiger partial charge in [-0.2, -0.15) is 5.10 Å². The number of amides is 1. The lowest BCUT2D eigenvalue weighted by molar-refractivity contribution is -0.126. The first kappa shape index (κ1) is 16.7. The van der Waals surface area contributed by atoms with E-state index in [0.717, 1.165) is 41.9 Å². The van der Waals surface area contributed by atoms with E-state index in [-0.39, 0.29) is 11.8 Å². The minimum Gasteiger partial charge on any atom is -0.352 e. The molecule has 5 nitrogen and oxygen atoms in total. The summed E-state index contributed by atoms with van der Waals surface area (Å²) < 4.78 is 1.94. The Labute approximate surface area is 143 Å². The minimum atomic E-state index is 0.0656. The number of rotatable bonds is 5. The van der Waals surface area contributed by atoms with Crippen LogP contribution in [0.2, 0.25) is 0 Å². The second-order valence-corrected chi connectivity index (χ2v) is 6.72. The van der Waals surface area contributed by atoms with Gasteiger partial charge in [-0.25, -0.2) is 4.68 Å². The van der Waals surface area contributed by atoms with Crippen LogP contribution in [0.4, 0.5) is 0 Å². The van der Waals surface area contributed by atoms with E-state index in [1.165, 1.54) is 0 Å². The van der Waals surface area contributed by atoms with Crippen molar-refractivity contribution in [1.82, 2.24) is 15.1 Å². The number of carbonyl (C=O) groups is 1. The van der Waals surface area contributed by atoms with Gasteiger partial charge in [0.05, 0.1) is 11.4 Å². The molecule has 0 aliphatic heterocycles. The van der Waals surface area contributed by atoms with Crippen LogP contribution in [-0.2, 0) is 11.3 Å². The normalized spacial score (nSPS) is 20.3. The van der Waals surface area contributed by atoms with Crippen LogP contribution in [0, 0.1) is 25.7 Å². The van der Waals surface area contributed by atoms with Crippen molar-refractivity contribution < 1.29 is 4.79 Å². The van der Waals surface area contributed by atoms with Crippen molar-refractivity contribution in [3.8, 4) is 5.69 Å². The van der Waals surface area contributed by atoms with Gasteiger partial charge < -0.3 is 11.1 Å². The summed E-state index contributed by atoms with van der Waals surface area (Å²) in [6.45, 7) is 5.14. The molecule has 2 aromatic rings. The third-order valence-electron chi connectivity index (χ3n) is 4.98. The van der Waals surface area contributed by atoms with Gasteiger partial charge in [0, 0.05) is 18.2 Å². The van der Waals surface area contributed by atoms with Crippen LogP contribution in [0.25, 0.3) is 5.69 Å². The molecule has 1 aromatic carbocycles. The number of nitrogens with one attached hydrogen (secondary N) is 1. The molecule has 0 bridgehead atoms. The maximum absolute atomic E-state index is 12.5. The number of aromatic nitrogens is 2. The number of hydrogen-bond donors (Lipinski definition) is 2. The van der Waals surface area contributed by atoms with Crippen molar-refractivity contribution in [3.05, 3.63) is 47.3 Å². The summed E-state index contributed by atoms with van der Waals surface area (Å²) in [5.74, 6) is 0.526. The molecule has 1 heterocycles. The summed E-state index contributed by atoms with van der Waals surface area (Å²) in [6.07, 6.45) is 3.12. The predicted octanol–water partition coefficient (Wildman–Crippen LogP) is 2.48. The van der Waals surface area contributed by atoms with Crippen LogP contribution < -0.4 is 11.1 Å². The molecule has 3 rings (SSSR count). The van der Waals surface area contributed by atoms with Gasteiger partial charge in [0.2, 0.25) is 5.91 Å². The molecule has 1 saturated carbocycles. The van der Waals surface area contributed by atoms with Crippen LogP contribution in [0.1, 0.15) is 36.2 Å². The van der Waals surface area contributed by atoms with Gasteiger partial charge in [0.1, 0.15) is 0 Å². The number of aryl methyl sites for hydroxylation is 2. The minimum absolute atomic E-state index is 0.0656. The average molecular weight is 326 g/mol. The largest absolute Gasteiger partial charge is 0.352 e. The highest BCUT2D eigenvalue weighted by molar-refractivity contribution is 5.79. The summed E-state index contributed by atoms with van der Waals surface area (Å²) in [4.78, 5) is 12.5. The van der Waals surface area contributed by atoms with Gasteiger partial charge in [0.25, 0.3) is 0 Å². The third kappa shape index (κ3) is 3.36. The van der Waals surface area contributed by atoms with E-state index in [9.17, 15) is 4.79 Å². The van der Waals surface area contributed by atoms with Crippen molar-refractivity contribution in [3.63, 3.8) is 0 Å². The SMILES string of the molecule is Cc1cc(C)n(-c2ccccc2CNC(=O)[C@@H]2CCC[C@@H]2CN)n1. The molecule has 2 atom stereocenters. The van der Waals surface area contributed by atoms with E-state index in [2.05, 4.69) is 16.5 Å². The fourth-order valence-electron chi connectivity index (χ4n) is 3.72. The summed E-state index contributed by atoms with van der Waals surface area (Å²) in [7, 11) is 0. The monoisotopic (exact) mass is 326 g/mol. The van der Waals surface area contributed by atoms with Crippen molar-refractivity contribution in [2.24, 2.45) is 17.6 Å². The topological polar surface area (TPSA) is 72.9 Å². The van der Waals surface area contributed by atoms with E-state index in [1.54, 1.807) is 0 Å². The van der Waals surface area contributed by atoms with E-state index < -0.39 is 0 Å². The summed E-state index contributed by atoms with van der Waals surface area (Å²) in [5, 5.41) is 7.66. The number of carbonyl (C=O) groups excluding carboxylic acids is 1. The highest BCUT2D eigenvalue weighted by Gasteiger charge is 2.31. The number of para-hydroxylation sites is 1. The molecular weight excluding hydrogens is 300 g/mol. The number of hydrogen-bond acceptors (Lipinski definition) is 3. The predicted molar refractivity (Wildman–Crippen MR) is 94.8 cm³/mol. The van der Waals surface area contributed by atoms with Gasteiger partial charge in [-0.15, -0.1) is 0 Å². The highest BCUT2D eigenvalue weighted by atomic mass is 16.1. The lowest BCUT2D eigenvalue weighted by Gasteiger charge is -2.18. The Hall–Kier alpha value is -2.14. The van der Waals surface area contributed by atoms with E-state index in [1.807, 2.05) is 42.8 Å². The summed E-state index contributed by atoms with van der Waals surface area (Å²) in [5.41, 5.74) is 9.96. The Morgan fingerprint density at radius 3 is 2.83 bits per heavy atom. The zero-order valence-electron chi connectivity index (χ0n) is 14.5. The molecule has 0 radical (unpaired) electrons. The Bertz CT molecular complexity index is 722. The van der Waals surface area contributed by atoms with Crippen molar-refractivity contribution >= 4 is 5.91 Å². The van der Waals surface area contributed by atoms with Gasteiger partial charge in [0.15, 0.2) is 0 Å². The Morgan fingerprint density at radius 1 is 1.33 bits per heavy atom. The lowest BCUT2D eigenvalue weighted by atomic mass is 9.95. The van der Waals surface area contributed by atoms with Crippen molar-refractivity contribution in [2.75, 3.05) is 6.54 Å². The van der Waals surface area contributed by atoms with Crippen LogP contribution in [0.5, 0.6) is 0 Å². The van der Waals surface area contributed by atoms with Gasteiger partial charge >= 0.3 is 0 Å². The quantitative estimate of drug-likeness (QED) is 0.886. The molecule has 1 aliphatic rings. The van der Waals surface area contributed by atoms with Crippen LogP contribution in [-0.4, -0.2) is 22.2 Å². The molecule has 5 heteroatoms. The first-order valence-corrected chi connectivity index (χ1v) is 8.69. The lowest BCUT2D eigenvalue weighted by Crippen LogP contribution is -2.34. The standard InChI is InChI=1S/C19H26N4O/c1-13-10-14(2)23(22-13)18-9-4-3-6-16(18)12-21-19(24)17-8-5-7-15(17)11-20/h3-4,6,9-10,15,17H,5,7-8,11-12,20H2,1-2H3,(H,21,24)/t15-,17-/m1/s1. The molecule has 24 heavy (non-hydrogen) atoms. The van der Waals surface area contributed by atoms with E-state index in [4.69, 9.17) is 5.73 Å². The summed E-state index contributed by atoms with van der Waals surface area (Å²) in [6, 6.07) is 10.1. The van der Waals surface area contributed by atoms with Crippen molar-refractivity contribution in [2.45, 2.75) is 39.7 Å². The van der Waals surface area contributed by atoms with Crippen molar-refractivity contribution in [1.29, 1.82) is 0 Å². The molecule has 0 spiro atoms. The fraction of sp³-hybridized carbons (Fsp3) is 0.474. The maximum Gasteiger partial charge on any atom is 0.223 e. The second-order valence-electron chi connectivity index (χ2n) is 6.72. The Morgan fingerprint density at radius 2 is 2.12 bits per heavy atom. The van der Waals surface area contributed by atoms with Crippen LogP contribution in [0.15, 0.2) is 30.3 Å². The number of nitrogens with two attached hydrogens (primary N) is 1. The number of nitrogens with zero attached hydrogens (tertiary/aromatic N) is 2. The van der Waals surface area contributed by atoms with Crippen LogP contribution in [0.3, 0.4) is 0 Å². The van der Waals surface area contributed by atoms with Crippen LogP contribution >= 0.6 is 0 Å². The summed E-state index contributed by atoms with van der Waals surface area (Å²) >= 11 is 0. The van der Waals surface area contributed by atoms with E-state index in [0.29, 0.717) is 19.0 Å². The molecule has 1 fully saturated rings. The second kappa shape index (κ2) is 7.18. The average Bonchev–Trinajstić information content (AvgIpc) is 3.18. The maximum atomic E-state index is 12.5. The molecule has 1 aromatic heterocycles. The zero-order valence-corrected chi connectivity index (χ0v) is 14.5. The molecular formula is C19H26N4O. The third-order valence-corrected chi connectivity index (χ3v) is 4.98. The zero-order chi connectivity index (χ0) is 17.1. The molecule has 128 valence electrons. The highest BCUT2D eigenvalue weighted by Crippen LogP contribution is 2.31. The molecule has 1 amide bonds. The molecule has 3 N–H and O–H groups in total. The Balaban J connectivity index is 1.74. The molecule has 0 saturated heterocycles. The first-order valence-electron chi connectivity index (χ1n) is 8.69. The Kier molecular flexibility index (Phi) is 5.00. The van der Waals surface area contributed by atoms with Gasteiger partial charge in [-0.3, -0.25) is 4.79 Å². The molecule has 1 aliphatic carbocycles. The van der Waals surface area contributed by atoms with Gasteiger partial charge in [-0.1, -0.05) is 24.6 Å². The van der Waals surface area contributed by atoms with Gasteiger partial charge in [-0.05, 0) is 56.8 Å². The number of benzene rings is 1. The fourth-order valence-corrected chi connectivity index (χ4v) is 3.72. The van der Waals surface area contributed by atoms with E-state index >= 15 is 0 Å².